The van der Waals surface area contributed by atoms with Crippen LogP contribution in [0.1, 0.15) is 50.3 Å². The van der Waals surface area contributed by atoms with Crippen LogP contribution in [-0.2, 0) is 5.41 Å². The minimum Gasteiger partial charge on any atom is -0.457 e. The Morgan fingerprint density at radius 2 is 0.930 bits per heavy atom. The summed E-state index contributed by atoms with van der Waals surface area (Å²) in [6.07, 6.45) is 0. The first-order chi connectivity index (χ1) is 27.8. The van der Waals surface area contributed by atoms with Gasteiger partial charge in [-0.1, -0.05) is 149 Å². The highest BCUT2D eigenvalue weighted by Gasteiger charge is 2.36. The molecule has 8 aromatic carbocycles. The molecule has 2 aromatic heterocycles. The lowest BCUT2D eigenvalue weighted by atomic mass is 9.75. The Morgan fingerprint density at radius 1 is 0.421 bits per heavy atom. The van der Waals surface area contributed by atoms with E-state index in [9.17, 15) is 0 Å². The predicted octanol–water partition coefficient (Wildman–Crippen LogP) is 14.8. The van der Waals surface area contributed by atoms with Gasteiger partial charge in [0.05, 0.1) is 22.1 Å². The van der Waals surface area contributed by atoms with Crippen molar-refractivity contribution in [1.29, 1.82) is 0 Å². The van der Waals surface area contributed by atoms with Crippen LogP contribution in [0.25, 0.3) is 77.2 Å². The van der Waals surface area contributed by atoms with Crippen molar-refractivity contribution in [2.24, 2.45) is 0 Å². The van der Waals surface area contributed by atoms with Crippen molar-refractivity contribution in [3.8, 4) is 45.1 Å². The number of hydrogen-bond acceptors (Lipinski definition) is 1. The maximum atomic E-state index is 7.08. The van der Waals surface area contributed by atoms with Crippen molar-refractivity contribution >= 4 is 43.6 Å². The van der Waals surface area contributed by atoms with E-state index < -0.39 is 0 Å². The summed E-state index contributed by atoms with van der Waals surface area (Å²) in [5.74, 6) is 2.18. The number of fused-ring (bicyclic) bond motifs is 8. The van der Waals surface area contributed by atoms with E-state index in [4.69, 9.17) is 4.74 Å². The molecule has 10 aromatic rings. The van der Waals surface area contributed by atoms with Crippen LogP contribution < -0.4 is 4.74 Å². The highest BCUT2D eigenvalue weighted by Crippen LogP contribution is 2.52. The van der Waals surface area contributed by atoms with E-state index in [1.165, 1.54) is 77.0 Å². The quantitative estimate of drug-likeness (QED) is 0.172. The Hall–Kier alpha value is -6.84. The molecular formula is C54H42N2O. The van der Waals surface area contributed by atoms with Gasteiger partial charge < -0.3 is 13.9 Å². The molecule has 0 bridgehead atoms. The van der Waals surface area contributed by atoms with Crippen LogP contribution in [0.5, 0.6) is 11.5 Å². The summed E-state index contributed by atoms with van der Waals surface area (Å²) >= 11 is 0. The molecule has 1 aliphatic heterocycles. The highest BCUT2D eigenvalue weighted by atomic mass is 16.5. The standard InChI is InChI=1S/C54H42N2O/c1-34(2)41-19-13-20-43-45-31-51-47(32-49(45)56(53(41)43)40-28-24-38(25-29-40)36-16-9-6-10-17-36)54(3,4)46-30-44-42-18-11-12-21-48(42)55(50(44)33-52(46)57-51)39-26-22-37(23-27-39)35-14-7-5-8-15-35/h5-34H,1-4H3. The molecule has 0 N–H and O–H groups in total. The first kappa shape index (κ1) is 33.5. The second kappa shape index (κ2) is 12.6. The van der Waals surface area contributed by atoms with Crippen LogP contribution in [0, 0.1) is 0 Å². The van der Waals surface area contributed by atoms with Crippen molar-refractivity contribution in [1.82, 2.24) is 9.13 Å². The Bertz CT molecular complexity index is 3170. The van der Waals surface area contributed by atoms with E-state index >= 15 is 0 Å². The number of rotatable bonds is 5. The summed E-state index contributed by atoms with van der Waals surface area (Å²) in [6, 6.07) is 64.1. The topological polar surface area (TPSA) is 19.1 Å². The van der Waals surface area contributed by atoms with Crippen LogP contribution >= 0.6 is 0 Å². The normalized spacial score (nSPS) is 13.4. The molecule has 11 rings (SSSR count). The fraction of sp³-hybridized carbons (Fsp3) is 0.111. The number of ether oxygens (including phenoxy) is 1. The average Bonchev–Trinajstić information content (AvgIpc) is 3.75. The van der Waals surface area contributed by atoms with Crippen molar-refractivity contribution in [3.63, 3.8) is 0 Å². The zero-order valence-corrected chi connectivity index (χ0v) is 32.6. The fourth-order valence-electron chi connectivity index (χ4n) is 9.40. The van der Waals surface area contributed by atoms with Gasteiger partial charge in [0.2, 0.25) is 0 Å². The van der Waals surface area contributed by atoms with Crippen molar-refractivity contribution in [2.45, 2.75) is 39.0 Å². The van der Waals surface area contributed by atoms with Gasteiger partial charge in [0.25, 0.3) is 0 Å². The van der Waals surface area contributed by atoms with Gasteiger partial charge in [-0.05, 0) is 82.3 Å². The van der Waals surface area contributed by atoms with E-state index in [-0.39, 0.29) is 5.41 Å². The van der Waals surface area contributed by atoms with Crippen LogP contribution in [0.4, 0.5) is 0 Å². The van der Waals surface area contributed by atoms with Crippen LogP contribution in [0.3, 0.4) is 0 Å². The predicted molar refractivity (Wildman–Crippen MR) is 239 cm³/mol. The fourth-order valence-corrected chi connectivity index (χ4v) is 9.40. The molecule has 3 heteroatoms. The molecule has 274 valence electrons. The molecule has 0 saturated heterocycles. The second-order valence-electron chi connectivity index (χ2n) is 16.4. The molecule has 3 heterocycles. The van der Waals surface area contributed by atoms with E-state index in [1.54, 1.807) is 0 Å². The zero-order chi connectivity index (χ0) is 38.4. The van der Waals surface area contributed by atoms with Gasteiger partial charge >= 0.3 is 0 Å². The second-order valence-corrected chi connectivity index (χ2v) is 16.4. The van der Waals surface area contributed by atoms with E-state index in [1.807, 2.05) is 0 Å². The highest BCUT2D eigenvalue weighted by molar-refractivity contribution is 6.12. The zero-order valence-electron chi connectivity index (χ0n) is 32.6. The summed E-state index contributed by atoms with van der Waals surface area (Å²) in [6.45, 7) is 9.30. The van der Waals surface area contributed by atoms with E-state index in [0.29, 0.717) is 5.92 Å². The maximum absolute atomic E-state index is 7.08. The van der Waals surface area contributed by atoms with E-state index in [0.717, 1.165) is 28.4 Å². The van der Waals surface area contributed by atoms with Gasteiger partial charge in [0, 0.05) is 55.5 Å². The molecule has 3 nitrogen and oxygen atoms in total. The minimum atomic E-state index is -0.328. The monoisotopic (exact) mass is 734 g/mol. The molecular weight excluding hydrogens is 693 g/mol. The number of benzene rings is 8. The molecule has 0 spiro atoms. The summed E-state index contributed by atoms with van der Waals surface area (Å²) in [7, 11) is 0. The maximum Gasteiger partial charge on any atom is 0.133 e. The molecule has 0 radical (unpaired) electrons. The molecule has 0 saturated carbocycles. The Morgan fingerprint density at radius 3 is 1.58 bits per heavy atom. The minimum absolute atomic E-state index is 0.328. The van der Waals surface area contributed by atoms with Crippen LogP contribution in [0.15, 0.2) is 176 Å². The van der Waals surface area contributed by atoms with Gasteiger partial charge in [0.15, 0.2) is 0 Å². The number of hydrogen-bond donors (Lipinski definition) is 0. The first-order valence-electron chi connectivity index (χ1n) is 20.0. The summed E-state index contributed by atoms with van der Waals surface area (Å²) in [5, 5.41) is 4.91. The van der Waals surface area contributed by atoms with Gasteiger partial charge in [-0.25, -0.2) is 0 Å². The van der Waals surface area contributed by atoms with Crippen LogP contribution in [-0.4, -0.2) is 9.13 Å². The molecule has 0 unspecified atom stereocenters. The largest absolute Gasteiger partial charge is 0.457 e. The van der Waals surface area contributed by atoms with Crippen molar-refractivity contribution in [2.75, 3.05) is 0 Å². The third-order valence-electron chi connectivity index (χ3n) is 12.3. The third-order valence-corrected chi connectivity index (χ3v) is 12.3. The van der Waals surface area contributed by atoms with Gasteiger partial charge in [-0.3, -0.25) is 0 Å². The lowest BCUT2D eigenvalue weighted by Crippen LogP contribution is -2.24. The van der Waals surface area contributed by atoms with Gasteiger partial charge in [-0.15, -0.1) is 0 Å². The number of nitrogens with zero attached hydrogens (tertiary/aromatic N) is 2. The van der Waals surface area contributed by atoms with Crippen molar-refractivity contribution in [3.05, 3.63) is 193 Å². The number of para-hydroxylation sites is 2. The third kappa shape index (κ3) is 5.12. The number of aromatic nitrogens is 2. The lowest BCUT2D eigenvalue weighted by Gasteiger charge is -2.35. The summed E-state index contributed by atoms with van der Waals surface area (Å²) in [5.41, 5.74) is 15.3. The molecule has 57 heavy (non-hydrogen) atoms. The molecule has 0 aliphatic carbocycles. The molecule has 0 amide bonds. The molecule has 0 fully saturated rings. The SMILES string of the molecule is CC(C)c1cccc2c3cc4c(cc3n(-c3ccc(-c5ccccc5)cc3)c12)C(C)(C)c1cc2c3ccccc3n(-c3ccc(-c5ccccc5)cc3)c2cc1O4. The molecule has 0 atom stereocenters. The van der Waals surface area contributed by atoms with Gasteiger partial charge in [0.1, 0.15) is 11.5 Å². The Labute approximate surface area is 333 Å². The summed E-state index contributed by atoms with van der Waals surface area (Å²) in [4.78, 5) is 0. The lowest BCUT2D eigenvalue weighted by molar-refractivity contribution is 0.420. The average molecular weight is 735 g/mol. The van der Waals surface area contributed by atoms with E-state index in [2.05, 4.69) is 213 Å². The van der Waals surface area contributed by atoms with Crippen LogP contribution in [0.2, 0.25) is 0 Å². The summed E-state index contributed by atoms with van der Waals surface area (Å²) < 4.78 is 12.0. The first-order valence-corrected chi connectivity index (χ1v) is 20.0. The smallest absolute Gasteiger partial charge is 0.133 e. The Balaban J connectivity index is 1.10. The van der Waals surface area contributed by atoms with Gasteiger partial charge in [-0.2, -0.15) is 0 Å². The Kier molecular flexibility index (Phi) is 7.40. The van der Waals surface area contributed by atoms with Crippen molar-refractivity contribution < 1.29 is 4.74 Å². The molecule has 1 aliphatic rings.